The molecule has 84 valence electrons. The third kappa shape index (κ3) is 3.67. The first kappa shape index (κ1) is 12.8. The average molecular weight is 294 g/mol. The summed E-state index contributed by atoms with van der Waals surface area (Å²) in [5.74, 6) is 0.805. The zero-order chi connectivity index (χ0) is 11.4. The van der Waals surface area contributed by atoms with Crippen molar-refractivity contribution in [1.82, 2.24) is 0 Å². The molecule has 1 unspecified atom stereocenters. The molecule has 0 bridgehead atoms. The predicted molar refractivity (Wildman–Crippen MR) is 66.2 cm³/mol. The lowest BCUT2D eigenvalue weighted by atomic mass is 10.1. The quantitative estimate of drug-likeness (QED) is 0.865. The molecule has 0 aromatic heterocycles. The highest BCUT2D eigenvalue weighted by atomic mass is 79.9. The Morgan fingerprint density at radius 1 is 1.40 bits per heavy atom. The zero-order valence-electron chi connectivity index (χ0n) is 8.76. The van der Waals surface area contributed by atoms with Crippen LogP contribution in [0.15, 0.2) is 12.1 Å². The van der Waals surface area contributed by atoms with E-state index in [4.69, 9.17) is 16.3 Å². The highest BCUT2D eigenvalue weighted by molar-refractivity contribution is 9.09. The summed E-state index contributed by atoms with van der Waals surface area (Å²) in [6, 6.07) is 3.70. The van der Waals surface area contributed by atoms with Gasteiger partial charge in [-0.2, -0.15) is 0 Å². The Kier molecular flexibility index (Phi) is 4.90. The van der Waals surface area contributed by atoms with Crippen molar-refractivity contribution in [3.8, 4) is 5.75 Å². The van der Waals surface area contributed by atoms with Crippen molar-refractivity contribution in [2.24, 2.45) is 0 Å². The van der Waals surface area contributed by atoms with Gasteiger partial charge in [-0.3, -0.25) is 0 Å². The molecule has 1 aromatic carbocycles. The van der Waals surface area contributed by atoms with E-state index >= 15 is 0 Å². The summed E-state index contributed by atoms with van der Waals surface area (Å²) in [6.45, 7) is 4.16. The van der Waals surface area contributed by atoms with Crippen molar-refractivity contribution in [1.29, 1.82) is 0 Å². The van der Waals surface area contributed by atoms with Crippen LogP contribution < -0.4 is 4.74 Å². The molecule has 0 aliphatic heterocycles. The third-order valence-corrected chi connectivity index (χ3v) is 2.99. The van der Waals surface area contributed by atoms with E-state index in [9.17, 15) is 5.11 Å². The average Bonchev–Trinajstić information content (AvgIpc) is 2.15. The first-order chi connectivity index (χ1) is 7.04. The van der Waals surface area contributed by atoms with Gasteiger partial charge in [-0.25, -0.2) is 0 Å². The molecular formula is C11H14BrClO2. The molecule has 1 atom stereocenters. The van der Waals surface area contributed by atoms with Crippen LogP contribution in [-0.2, 0) is 0 Å². The van der Waals surface area contributed by atoms with Gasteiger partial charge in [0.25, 0.3) is 0 Å². The molecule has 0 saturated carbocycles. The summed E-state index contributed by atoms with van der Waals surface area (Å²) in [5.41, 5.74) is 1.98. The lowest BCUT2D eigenvalue weighted by molar-refractivity contribution is 0.126. The lowest BCUT2D eigenvalue weighted by Crippen LogP contribution is -2.19. The Balaban J connectivity index is 2.77. The van der Waals surface area contributed by atoms with Gasteiger partial charge in [-0.05, 0) is 37.1 Å². The summed E-state index contributed by atoms with van der Waals surface area (Å²) >= 11 is 9.09. The van der Waals surface area contributed by atoms with Gasteiger partial charge in [0, 0.05) is 10.4 Å². The van der Waals surface area contributed by atoms with E-state index in [0.717, 1.165) is 16.9 Å². The van der Waals surface area contributed by atoms with Crippen molar-refractivity contribution in [3.63, 3.8) is 0 Å². The van der Waals surface area contributed by atoms with Gasteiger partial charge in [0.15, 0.2) is 0 Å². The molecule has 1 aromatic rings. The van der Waals surface area contributed by atoms with Gasteiger partial charge < -0.3 is 9.84 Å². The van der Waals surface area contributed by atoms with Gasteiger partial charge in [0.05, 0.1) is 6.10 Å². The van der Waals surface area contributed by atoms with Crippen LogP contribution in [0.1, 0.15) is 11.1 Å². The molecule has 1 rings (SSSR count). The minimum Gasteiger partial charge on any atom is -0.490 e. The van der Waals surface area contributed by atoms with Crippen molar-refractivity contribution < 1.29 is 9.84 Å². The molecule has 0 saturated heterocycles. The highest BCUT2D eigenvalue weighted by Crippen LogP contribution is 2.27. The van der Waals surface area contributed by atoms with Crippen LogP contribution >= 0.6 is 27.5 Å². The van der Waals surface area contributed by atoms with Gasteiger partial charge in [0.2, 0.25) is 0 Å². The molecule has 2 nitrogen and oxygen atoms in total. The second kappa shape index (κ2) is 5.73. The summed E-state index contributed by atoms with van der Waals surface area (Å²) in [4.78, 5) is 0. The maximum atomic E-state index is 9.36. The number of aryl methyl sites for hydroxylation is 2. The van der Waals surface area contributed by atoms with Crippen molar-refractivity contribution in [2.75, 3.05) is 11.9 Å². The van der Waals surface area contributed by atoms with Crippen LogP contribution in [0.2, 0.25) is 5.02 Å². The fourth-order valence-electron chi connectivity index (χ4n) is 1.35. The fourth-order valence-corrected chi connectivity index (χ4v) is 1.86. The van der Waals surface area contributed by atoms with Crippen LogP contribution in [0.25, 0.3) is 0 Å². The van der Waals surface area contributed by atoms with E-state index < -0.39 is 6.10 Å². The van der Waals surface area contributed by atoms with Gasteiger partial charge in [0.1, 0.15) is 12.4 Å². The molecule has 1 N–H and O–H groups in total. The summed E-state index contributed by atoms with van der Waals surface area (Å²) in [6.07, 6.45) is -0.487. The molecule has 0 aliphatic rings. The topological polar surface area (TPSA) is 29.5 Å². The molecule has 0 aliphatic carbocycles. The van der Waals surface area contributed by atoms with Crippen LogP contribution in [0.4, 0.5) is 0 Å². The standard InChI is InChI=1S/C11H14BrClO2/c1-7-3-9(13)4-8(2)11(7)15-6-10(14)5-12/h3-4,10,14H,5-6H2,1-2H3. The smallest absolute Gasteiger partial charge is 0.125 e. The minimum atomic E-state index is -0.487. The molecule has 0 heterocycles. The number of rotatable bonds is 4. The first-order valence-electron chi connectivity index (χ1n) is 4.68. The second-order valence-corrected chi connectivity index (χ2v) is 4.57. The number of aliphatic hydroxyl groups is 1. The van der Waals surface area contributed by atoms with E-state index in [1.165, 1.54) is 0 Å². The molecule has 15 heavy (non-hydrogen) atoms. The zero-order valence-corrected chi connectivity index (χ0v) is 11.1. The first-order valence-corrected chi connectivity index (χ1v) is 6.18. The Bertz CT molecular complexity index is 318. The maximum absolute atomic E-state index is 9.36. The minimum absolute atomic E-state index is 0.286. The van der Waals surface area contributed by atoms with E-state index in [-0.39, 0.29) is 6.61 Å². The Labute approximate surface area is 103 Å². The van der Waals surface area contributed by atoms with Gasteiger partial charge >= 0.3 is 0 Å². The Hall–Kier alpha value is -0.250. The normalized spacial score (nSPS) is 12.6. The number of alkyl halides is 1. The number of ether oxygens (including phenoxy) is 1. The third-order valence-electron chi connectivity index (χ3n) is 2.02. The maximum Gasteiger partial charge on any atom is 0.125 e. The van der Waals surface area contributed by atoms with Crippen molar-refractivity contribution in [3.05, 3.63) is 28.3 Å². The van der Waals surface area contributed by atoms with Crippen LogP contribution in [0.3, 0.4) is 0 Å². The monoisotopic (exact) mass is 292 g/mol. The van der Waals surface area contributed by atoms with Crippen molar-refractivity contribution in [2.45, 2.75) is 20.0 Å². The second-order valence-electron chi connectivity index (χ2n) is 3.49. The molecule has 0 radical (unpaired) electrons. The Morgan fingerprint density at radius 2 is 1.93 bits per heavy atom. The fraction of sp³-hybridized carbons (Fsp3) is 0.455. The van der Waals surface area contributed by atoms with Crippen LogP contribution in [-0.4, -0.2) is 23.1 Å². The van der Waals surface area contributed by atoms with E-state index in [0.29, 0.717) is 10.4 Å². The molecule has 0 fully saturated rings. The molecular weight excluding hydrogens is 279 g/mol. The van der Waals surface area contributed by atoms with Crippen LogP contribution in [0.5, 0.6) is 5.75 Å². The predicted octanol–water partition coefficient (Wildman–Crippen LogP) is 3.09. The highest BCUT2D eigenvalue weighted by Gasteiger charge is 2.08. The van der Waals surface area contributed by atoms with Gasteiger partial charge in [-0.1, -0.05) is 27.5 Å². The number of aliphatic hydroxyl groups excluding tert-OH is 1. The van der Waals surface area contributed by atoms with E-state index in [1.807, 2.05) is 26.0 Å². The summed E-state index contributed by atoms with van der Waals surface area (Å²) < 4.78 is 5.54. The van der Waals surface area contributed by atoms with Crippen molar-refractivity contribution >= 4 is 27.5 Å². The summed E-state index contributed by atoms with van der Waals surface area (Å²) in [7, 11) is 0. The lowest BCUT2D eigenvalue weighted by Gasteiger charge is -2.14. The van der Waals surface area contributed by atoms with E-state index in [2.05, 4.69) is 15.9 Å². The number of halogens is 2. The molecule has 0 spiro atoms. The summed E-state index contributed by atoms with van der Waals surface area (Å²) in [5, 5.41) is 10.6. The van der Waals surface area contributed by atoms with Crippen LogP contribution in [0, 0.1) is 13.8 Å². The molecule has 0 amide bonds. The number of hydrogen-bond donors (Lipinski definition) is 1. The number of hydrogen-bond acceptors (Lipinski definition) is 2. The number of benzene rings is 1. The van der Waals surface area contributed by atoms with E-state index in [1.54, 1.807) is 0 Å². The van der Waals surface area contributed by atoms with Gasteiger partial charge in [-0.15, -0.1) is 0 Å². The SMILES string of the molecule is Cc1cc(Cl)cc(C)c1OCC(O)CBr. The molecule has 4 heteroatoms. The Morgan fingerprint density at radius 3 is 2.40 bits per heavy atom. The largest absolute Gasteiger partial charge is 0.490 e.